The van der Waals surface area contributed by atoms with Crippen LogP contribution in [0.1, 0.15) is 6.92 Å². The molecule has 1 atom stereocenters. The molecule has 0 fully saturated rings. The smallest absolute Gasteiger partial charge is 0.325 e. The summed E-state index contributed by atoms with van der Waals surface area (Å²) in [6.45, 7) is 1.63. The van der Waals surface area contributed by atoms with Crippen LogP contribution >= 0.6 is 0 Å². The first kappa shape index (κ1) is 12.4. The lowest BCUT2D eigenvalue weighted by molar-refractivity contribution is -0.137. The minimum atomic E-state index is -0.880. The third-order valence-corrected chi connectivity index (χ3v) is 3.32. The zero-order valence-corrected chi connectivity index (χ0v) is 11.0. The Kier molecular flexibility index (Phi) is 2.99. The minimum absolute atomic E-state index is 0.663. The van der Waals surface area contributed by atoms with Crippen molar-refractivity contribution in [3.63, 3.8) is 0 Å². The molecule has 20 heavy (non-hydrogen) atoms. The van der Waals surface area contributed by atoms with Crippen LogP contribution in [-0.2, 0) is 4.79 Å². The number of carboxylic acid groups (broad SMARTS) is 1. The van der Waals surface area contributed by atoms with Gasteiger partial charge in [0.15, 0.2) is 0 Å². The maximum absolute atomic E-state index is 11.1. The summed E-state index contributed by atoms with van der Waals surface area (Å²) in [5.41, 5.74) is 2.53. The van der Waals surface area contributed by atoms with E-state index in [0.29, 0.717) is 0 Å². The van der Waals surface area contributed by atoms with Crippen molar-refractivity contribution in [3.05, 3.63) is 48.5 Å². The Bertz CT molecular complexity index is 745. The number of nitrogens with one attached hydrogen (secondary N) is 1. The molecule has 0 radical (unpaired) electrons. The van der Waals surface area contributed by atoms with Crippen LogP contribution in [0.2, 0.25) is 0 Å². The van der Waals surface area contributed by atoms with Gasteiger partial charge in [-0.25, -0.2) is 4.98 Å². The Balaban J connectivity index is 2.30. The quantitative estimate of drug-likeness (QED) is 0.714. The van der Waals surface area contributed by atoms with Crippen molar-refractivity contribution < 1.29 is 9.90 Å². The number of aromatic nitrogens is 1. The molecular weight excluding hydrogens is 252 g/mol. The van der Waals surface area contributed by atoms with Crippen molar-refractivity contribution >= 4 is 33.5 Å². The summed E-state index contributed by atoms with van der Waals surface area (Å²) in [4.78, 5) is 15.7. The molecule has 0 unspecified atom stereocenters. The first-order chi connectivity index (χ1) is 9.66. The van der Waals surface area contributed by atoms with Gasteiger partial charge in [-0.05, 0) is 19.1 Å². The van der Waals surface area contributed by atoms with Crippen LogP contribution in [0.25, 0.3) is 21.8 Å². The van der Waals surface area contributed by atoms with Gasteiger partial charge in [0.25, 0.3) is 0 Å². The van der Waals surface area contributed by atoms with E-state index in [-0.39, 0.29) is 0 Å². The molecule has 2 aromatic carbocycles. The number of anilines is 1. The number of hydrogen-bond donors (Lipinski definition) is 2. The summed E-state index contributed by atoms with van der Waals surface area (Å²) < 4.78 is 0. The molecule has 0 amide bonds. The van der Waals surface area contributed by atoms with E-state index >= 15 is 0 Å². The van der Waals surface area contributed by atoms with Gasteiger partial charge in [-0.15, -0.1) is 0 Å². The van der Waals surface area contributed by atoms with Gasteiger partial charge in [-0.2, -0.15) is 0 Å². The van der Waals surface area contributed by atoms with Crippen molar-refractivity contribution in [3.8, 4) is 0 Å². The molecule has 0 aliphatic rings. The average molecular weight is 266 g/mol. The molecule has 3 aromatic rings. The maximum Gasteiger partial charge on any atom is 0.325 e. The van der Waals surface area contributed by atoms with Crippen molar-refractivity contribution in [2.24, 2.45) is 0 Å². The van der Waals surface area contributed by atoms with Crippen LogP contribution in [-0.4, -0.2) is 22.1 Å². The standard InChI is InChI=1S/C16H14N2O2/c1-10(16(19)20)17-15-11-6-2-4-8-13(11)18-14-9-5-3-7-12(14)15/h2-10H,1H3,(H,17,18)(H,19,20)/t10-/m1/s1. The summed E-state index contributed by atoms with van der Waals surface area (Å²) in [7, 11) is 0. The summed E-state index contributed by atoms with van der Waals surface area (Å²) in [5.74, 6) is -0.880. The number of para-hydroxylation sites is 2. The lowest BCUT2D eigenvalue weighted by Gasteiger charge is -2.15. The van der Waals surface area contributed by atoms with Crippen LogP contribution in [0.5, 0.6) is 0 Å². The molecule has 0 spiro atoms. The van der Waals surface area contributed by atoms with Crippen molar-refractivity contribution in [2.45, 2.75) is 13.0 Å². The zero-order valence-electron chi connectivity index (χ0n) is 11.0. The van der Waals surface area contributed by atoms with Crippen molar-refractivity contribution in [2.75, 3.05) is 5.32 Å². The molecule has 0 bridgehead atoms. The highest BCUT2D eigenvalue weighted by Gasteiger charge is 2.14. The topological polar surface area (TPSA) is 62.2 Å². The summed E-state index contributed by atoms with van der Waals surface area (Å²) in [6, 6.07) is 14.8. The number of rotatable bonds is 3. The zero-order chi connectivity index (χ0) is 14.1. The minimum Gasteiger partial charge on any atom is -0.480 e. The number of nitrogens with zero attached hydrogens (tertiary/aromatic N) is 1. The first-order valence-corrected chi connectivity index (χ1v) is 6.43. The predicted molar refractivity (Wildman–Crippen MR) is 80.0 cm³/mol. The third-order valence-electron chi connectivity index (χ3n) is 3.32. The third kappa shape index (κ3) is 2.05. The number of carboxylic acids is 1. The number of fused-ring (bicyclic) bond motifs is 2. The molecule has 0 aliphatic carbocycles. The second kappa shape index (κ2) is 4.81. The summed E-state index contributed by atoms with van der Waals surface area (Å²) in [5, 5.41) is 14.1. The van der Waals surface area contributed by atoms with E-state index in [9.17, 15) is 4.79 Å². The molecule has 3 rings (SSSR count). The Hall–Kier alpha value is -2.62. The van der Waals surface area contributed by atoms with E-state index < -0.39 is 12.0 Å². The Morgan fingerprint density at radius 3 is 2.05 bits per heavy atom. The van der Waals surface area contributed by atoms with Crippen LogP contribution in [0.3, 0.4) is 0 Å². The van der Waals surface area contributed by atoms with Gasteiger partial charge in [-0.1, -0.05) is 36.4 Å². The molecule has 1 aromatic heterocycles. The second-order valence-corrected chi connectivity index (χ2v) is 4.73. The van der Waals surface area contributed by atoms with Crippen LogP contribution in [0.15, 0.2) is 48.5 Å². The second-order valence-electron chi connectivity index (χ2n) is 4.73. The Labute approximate surface area is 116 Å². The number of hydrogen-bond acceptors (Lipinski definition) is 3. The van der Waals surface area contributed by atoms with Crippen LogP contribution in [0, 0.1) is 0 Å². The van der Waals surface area contributed by atoms with Gasteiger partial charge >= 0.3 is 5.97 Å². The highest BCUT2D eigenvalue weighted by molar-refractivity contribution is 6.08. The highest BCUT2D eigenvalue weighted by Crippen LogP contribution is 2.30. The van der Waals surface area contributed by atoms with Crippen LogP contribution in [0.4, 0.5) is 5.69 Å². The van der Waals surface area contributed by atoms with E-state index in [1.54, 1.807) is 6.92 Å². The largest absolute Gasteiger partial charge is 0.480 e. The predicted octanol–water partition coefficient (Wildman–Crippen LogP) is 3.27. The average Bonchev–Trinajstić information content (AvgIpc) is 2.46. The van der Waals surface area contributed by atoms with E-state index in [1.165, 1.54) is 0 Å². The van der Waals surface area contributed by atoms with Gasteiger partial charge in [-0.3, -0.25) is 4.79 Å². The molecule has 0 saturated heterocycles. The molecular formula is C16H14N2O2. The molecule has 0 aliphatic heterocycles. The molecule has 4 nitrogen and oxygen atoms in total. The van der Waals surface area contributed by atoms with Crippen LogP contribution < -0.4 is 5.32 Å². The van der Waals surface area contributed by atoms with Gasteiger partial charge in [0, 0.05) is 10.8 Å². The molecule has 0 saturated carbocycles. The molecule has 2 N–H and O–H groups in total. The normalized spacial score (nSPS) is 12.4. The molecule has 4 heteroatoms. The lowest BCUT2D eigenvalue weighted by Crippen LogP contribution is -2.25. The molecule has 100 valence electrons. The Morgan fingerprint density at radius 1 is 1.05 bits per heavy atom. The summed E-state index contributed by atoms with van der Waals surface area (Å²) in [6.07, 6.45) is 0. The van der Waals surface area contributed by atoms with E-state index in [4.69, 9.17) is 5.11 Å². The van der Waals surface area contributed by atoms with Crippen molar-refractivity contribution in [1.82, 2.24) is 4.98 Å². The van der Waals surface area contributed by atoms with Crippen molar-refractivity contribution in [1.29, 1.82) is 0 Å². The first-order valence-electron chi connectivity index (χ1n) is 6.43. The fourth-order valence-corrected chi connectivity index (χ4v) is 2.27. The number of carbonyl (C=O) groups is 1. The number of aliphatic carboxylic acids is 1. The van der Waals surface area contributed by atoms with Gasteiger partial charge in [0.1, 0.15) is 6.04 Å². The fourth-order valence-electron chi connectivity index (χ4n) is 2.27. The van der Waals surface area contributed by atoms with E-state index in [1.807, 2.05) is 48.5 Å². The lowest BCUT2D eigenvalue weighted by atomic mass is 10.1. The van der Waals surface area contributed by atoms with E-state index in [0.717, 1.165) is 27.5 Å². The Morgan fingerprint density at radius 2 is 1.55 bits per heavy atom. The highest BCUT2D eigenvalue weighted by atomic mass is 16.4. The van der Waals surface area contributed by atoms with Gasteiger partial charge in [0.05, 0.1) is 16.7 Å². The SMILES string of the molecule is C[C@@H](Nc1c2ccccc2nc2ccccc12)C(=O)O. The van der Waals surface area contributed by atoms with Gasteiger partial charge < -0.3 is 10.4 Å². The fraction of sp³-hybridized carbons (Fsp3) is 0.125. The van der Waals surface area contributed by atoms with Gasteiger partial charge in [0.2, 0.25) is 0 Å². The number of benzene rings is 2. The summed E-state index contributed by atoms with van der Waals surface area (Å²) >= 11 is 0. The number of pyridine rings is 1. The van der Waals surface area contributed by atoms with E-state index in [2.05, 4.69) is 10.3 Å². The maximum atomic E-state index is 11.1. The monoisotopic (exact) mass is 266 g/mol. The molecule has 1 heterocycles.